The van der Waals surface area contributed by atoms with Crippen LogP contribution in [-0.4, -0.2) is 15.3 Å². The average Bonchev–Trinajstić information content (AvgIpc) is 2.63. The highest BCUT2D eigenvalue weighted by Gasteiger charge is 2.06. The summed E-state index contributed by atoms with van der Waals surface area (Å²) in [4.78, 5) is 15.6. The molecule has 0 unspecified atom stereocenters. The van der Waals surface area contributed by atoms with Crippen molar-refractivity contribution >= 4 is 16.8 Å². The lowest BCUT2D eigenvalue weighted by Gasteiger charge is -2.00. The number of nitrogens with zero attached hydrogens (tertiary/aromatic N) is 2. The van der Waals surface area contributed by atoms with Crippen LogP contribution in [0.3, 0.4) is 0 Å². The van der Waals surface area contributed by atoms with Gasteiger partial charge in [0.2, 0.25) is 0 Å². The van der Waals surface area contributed by atoms with Gasteiger partial charge in [0, 0.05) is 19.9 Å². The second kappa shape index (κ2) is 4.70. The third kappa shape index (κ3) is 2.38. The first kappa shape index (κ1) is 11.8. The van der Waals surface area contributed by atoms with Crippen LogP contribution in [0.15, 0.2) is 18.2 Å². The third-order valence-electron chi connectivity index (χ3n) is 3.12. The predicted molar refractivity (Wildman–Crippen MR) is 69.1 cm³/mol. The number of aromatic nitrogens is 2. The number of imidazole rings is 1. The number of carbonyl (C=O) groups is 1. The number of fused-ring (bicyclic) bond motifs is 1. The van der Waals surface area contributed by atoms with Gasteiger partial charge in [-0.3, -0.25) is 0 Å². The molecular weight excluding hydrogens is 212 g/mol. The zero-order valence-corrected chi connectivity index (χ0v) is 10.7. The van der Waals surface area contributed by atoms with E-state index in [0.29, 0.717) is 6.42 Å². The minimum absolute atomic E-state index is 0.236. The molecule has 0 radical (unpaired) electrons. The summed E-state index contributed by atoms with van der Waals surface area (Å²) in [6, 6.07) is 6.28. The molecule has 0 aliphatic rings. The topological polar surface area (TPSA) is 34.9 Å². The van der Waals surface area contributed by atoms with E-state index in [1.54, 1.807) is 6.92 Å². The Labute approximate surface area is 101 Å². The summed E-state index contributed by atoms with van der Waals surface area (Å²) in [5.74, 6) is 1.34. The van der Waals surface area contributed by atoms with Crippen molar-refractivity contribution < 1.29 is 4.79 Å². The van der Waals surface area contributed by atoms with Crippen molar-refractivity contribution in [2.45, 2.75) is 33.1 Å². The van der Waals surface area contributed by atoms with Crippen molar-refractivity contribution in [3.8, 4) is 0 Å². The van der Waals surface area contributed by atoms with Gasteiger partial charge in [-0.05, 0) is 31.0 Å². The minimum atomic E-state index is 0.236. The molecule has 0 bridgehead atoms. The van der Waals surface area contributed by atoms with Crippen molar-refractivity contribution in [1.29, 1.82) is 0 Å². The van der Waals surface area contributed by atoms with Crippen LogP contribution in [-0.2, 0) is 24.7 Å². The van der Waals surface area contributed by atoms with E-state index in [4.69, 9.17) is 0 Å². The summed E-state index contributed by atoms with van der Waals surface area (Å²) in [6.07, 6.45) is 2.36. The molecule has 0 aliphatic heterocycles. The molecule has 0 N–H and O–H groups in total. The number of Topliss-reactive ketones (excluding diaryl/α,β-unsaturated/α-hetero) is 1. The first-order valence-corrected chi connectivity index (χ1v) is 6.05. The Morgan fingerprint density at radius 3 is 2.82 bits per heavy atom. The highest BCUT2D eigenvalue weighted by Crippen LogP contribution is 2.18. The average molecular weight is 230 g/mol. The Hall–Kier alpha value is -1.64. The maximum Gasteiger partial charge on any atom is 0.130 e. The molecule has 2 aromatic rings. The smallest absolute Gasteiger partial charge is 0.130 e. The summed E-state index contributed by atoms with van der Waals surface area (Å²) >= 11 is 0. The number of rotatable bonds is 4. The quantitative estimate of drug-likeness (QED) is 0.809. The normalized spacial score (nSPS) is 11.0. The van der Waals surface area contributed by atoms with Crippen LogP contribution in [0, 0.1) is 0 Å². The van der Waals surface area contributed by atoms with Crippen molar-refractivity contribution in [1.82, 2.24) is 9.55 Å². The Bertz CT molecular complexity index is 555. The number of ketones is 1. The standard InChI is InChI=1S/C14H18N2O/c1-4-14-15-12-9-11(6-5-10(2)17)7-8-13(12)16(14)3/h7-9H,4-6H2,1-3H3. The van der Waals surface area contributed by atoms with Gasteiger partial charge in [-0.25, -0.2) is 4.98 Å². The fourth-order valence-electron chi connectivity index (χ4n) is 2.09. The zero-order valence-electron chi connectivity index (χ0n) is 10.7. The van der Waals surface area contributed by atoms with E-state index in [1.165, 1.54) is 5.56 Å². The Morgan fingerprint density at radius 2 is 2.18 bits per heavy atom. The van der Waals surface area contributed by atoms with Gasteiger partial charge >= 0.3 is 0 Å². The highest BCUT2D eigenvalue weighted by atomic mass is 16.1. The van der Waals surface area contributed by atoms with Gasteiger partial charge in [-0.2, -0.15) is 0 Å². The highest BCUT2D eigenvalue weighted by molar-refractivity contribution is 5.78. The zero-order chi connectivity index (χ0) is 12.4. The number of carbonyl (C=O) groups excluding carboxylic acids is 1. The van der Waals surface area contributed by atoms with E-state index < -0.39 is 0 Å². The largest absolute Gasteiger partial charge is 0.331 e. The van der Waals surface area contributed by atoms with E-state index in [0.717, 1.165) is 29.7 Å². The van der Waals surface area contributed by atoms with Gasteiger partial charge < -0.3 is 9.36 Å². The van der Waals surface area contributed by atoms with E-state index in [1.807, 2.05) is 7.05 Å². The summed E-state index contributed by atoms with van der Waals surface area (Å²) in [7, 11) is 2.05. The molecule has 1 aromatic carbocycles. The molecule has 0 atom stereocenters. The molecule has 17 heavy (non-hydrogen) atoms. The van der Waals surface area contributed by atoms with Crippen LogP contribution in [0.4, 0.5) is 0 Å². The van der Waals surface area contributed by atoms with Crippen molar-refractivity contribution in [2.75, 3.05) is 0 Å². The summed E-state index contributed by atoms with van der Waals surface area (Å²) < 4.78 is 2.13. The molecule has 0 aliphatic carbocycles. The van der Waals surface area contributed by atoms with E-state index in [9.17, 15) is 4.79 Å². The maximum atomic E-state index is 11.0. The van der Waals surface area contributed by atoms with Gasteiger partial charge in [0.25, 0.3) is 0 Å². The molecule has 1 aromatic heterocycles. The summed E-state index contributed by atoms with van der Waals surface area (Å²) in [5, 5.41) is 0. The van der Waals surface area contributed by atoms with Crippen LogP contribution >= 0.6 is 0 Å². The lowest BCUT2D eigenvalue weighted by Crippen LogP contribution is -1.95. The molecule has 3 nitrogen and oxygen atoms in total. The van der Waals surface area contributed by atoms with E-state index in [2.05, 4.69) is 34.7 Å². The van der Waals surface area contributed by atoms with Crippen LogP contribution in [0.25, 0.3) is 11.0 Å². The second-order valence-electron chi connectivity index (χ2n) is 4.47. The SMILES string of the molecule is CCc1nc2cc(CCC(C)=O)ccc2n1C. The monoisotopic (exact) mass is 230 g/mol. The van der Waals surface area contributed by atoms with Gasteiger partial charge in [0.1, 0.15) is 11.6 Å². The second-order valence-corrected chi connectivity index (χ2v) is 4.47. The predicted octanol–water partition coefficient (Wildman–Crippen LogP) is 2.66. The van der Waals surface area contributed by atoms with Crippen molar-refractivity contribution in [2.24, 2.45) is 7.05 Å². The number of hydrogen-bond donors (Lipinski definition) is 0. The lowest BCUT2D eigenvalue weighted by molar-refractivity contribution is -0.116. The van der Waals surface area contributed by atoms with Gasteiger partial charge in [0.15, 0.2) is 0 Å². The molecule has 0 amide bonds. The molecule has 1 heterocycles. The Balaban J connectivity index is 2.34. The fraction of sp³-hybridized carbons (Fsp3) is 0.429. The van der Waals surface area contributed by atoms with E-state index >= 15 is 0 Å². The lowest BCUT2D eigenvalue weighted by atomic mass is 10.1. The molecule has 90 valence electrons. The maximum absolute atomic E-state index is 11.0. The van der Waals surface area contributed by atoms with Gasteiger partial charge in [0.05, 0.1) is 11.0 Å². The summed E-state index contributed by atoms with van der Waals surface area (Å²) in [6.45, 7) is 3.74. The molecular formula is C14H18N2O. The van der Waals surface area contributed by atoms with Gasteiger partial charge in [-0.1, -0.05) is 13.0 Å². The Morgan fingerprint density at radius 1 is 1.41 bits per heavy atom. The van der Waals surface area contributed by atoms with Crippen LogP contribution in [0.5, 0.6) is 0 Å². The number of aryl methyl sites for hydroxylation is 3. The fourth-order valence-corrected chi connectivity index (χ4v) is 2.09. The molecule has 0 fully saturated rings. The third-order valence-corrected chi connectivity index (χ3v) is 3.12. The van der Waals surface area contributed by atoms with Gasteiger partial charge in [-0.15, -0.1) is 0 Å². The van der Waals surface area contributed by atoms with Crippen molar-refractivity contribution in [3.63, 3.8) is 0 Å². The van der Waals surface area contributed by atoms with Crippen molar-refractivity contribution in [3.05, 3.63) is 29.6 Å². The first-order chi connectivity index (χ1) is 8.11. The summed E-state index contributed by atoms with van der Waals surface area (Å²) in [5.41, 5.74) is 3.38. The molecule has 0 saturated carbocycles. The van der Waals surface area contributed by atoms with Crippen LogP contribution in [0.2, 0.25) is 0 Å². The Kier molecular flexibility index (Phi) is 3.27. The molecule has 0 spiro atoms. The number of hydrogen-bond acceptors (Lipinski definition) is 2. The van der Waals surface area contributed by atoms with Crippen LogP contribution < -0.4 is 0 Å². The first-order valence-electron chi connectivity index (χ1n) is 6.05. The number of benzene rings is 1. The molecule has 2 rings (SSSR count). The molecule has 0 saturated heterocycles. The van der Waals surface area contributed by atoms with Crippen LogP contribution in [0.1, 0.15) is 31.7 Å². The molecule has 3 heteroatoms. The van der Waals surface area contributed by atoms with E-state index in [-0.39, 0.29) is 5.78 Å². The minimum Gasteiger partial charge on any atom is -0.331 e.